The molecule has 0 atom stereocenters. The number of halogens is 2. The zero-order chi connectivity index (χ0) is 12.3. The molecular weight excluding hydrogens is 305 g/mol. The zero-order valence-corrected chi connectivity index (χ0v) is 10.9. The van der Waals surface area contributed by atoms with Gasteiger partial charge in [0.1, 0.15) is 5.82 Å². The number of rotatable bonds is 2. The molecule has 17 heavy (non-hydrogen) atoms. The average molecular weight is 313 g/mol. The summed E-state index contributed by atoms with van der Waals surface area (Å²) >= 11 is 9.18. The number of nitrogens with zero attached hydrogens (tertiary/aromatic N) is 2. The maximum atomic E-state index is 11.9. The Morgan fingerprint density at radius 2 is 2.18 bits per heavy atom. The van der Waals surface area contributed by atoms with Crippen LogP contribution in [0.25, 0.3) is 0 Å². The van der Waals surface area contributed by atoms with Gasteiger partial charge in [-0.05, 0) is 18.2 Å². The summed E-state index contributed by atoms with van der Waals surface area (Å²) in [5.74, 6) is 0.109. The quantitative estimate of drug-likeness (QED) is 0.927. The van der Waals surface area contributed by atoms with Gasteiger partial charge in [0.05, 0.1) is 10.6 Å². The van der Waals surface area contributed by atoms with Crippen molar-refractivity contribution in [2.75, 3.05) is 5.32 Å². The second-order valence-corrected chi connectivity index (χ2v) is 4.49. The number of hydrogen-bond donors (Lipinski definition) is 1. The SMILES string of the molecule is O=C(Nc1cc(Br)ccn1)c1cnccc1Cl. The molecule has 2 rings (SSSR count). The van der Waals surface area contributed by atoms with Crippen LogP contribution in [0.2, 0.25) is 5.02 Å². The van der Waals surface area contributed by atoms with E-state index in [1.165, 1.54) is 12.4 Å². The Morgan fingerprint density at radius 1 is 1.35 bits per heavy atom. The first-order valence-corrected chi connectivity index (χ1v) is 5.86. The number of amides is 1. The number of pyridine rings is 2. The third-order valence-corrected chi connectivity index (χ3v) is 2.80. The Hall–Kier alpha value is -1.46. The van der Waals surface area contributed by atoms with Gasteiger partial charge in [0.2, 0.25) is 0 Å². The van der Waals surface area contributed by atoms with Crippen molar-refractivity contribution < 1.29 is 4.79 Å². The van der Waals surface area contributed by atoms with Crippen LogP contribution < -0.4 is 5.32 Å². The Bertz CT molecular complexity index is 562. The normalized spacial score (nSPS) is 10.0. The lowest BCUT2D eigenvalue weighted by molar-refractivity contribution is 0.102. The van der Waals surface area contributed by atoms with Gasteiger partial charge in [-0.25, -0.2) is 4.98 Å². The van der Waals surface area contributed by atoms with Crippen LogP contribution in [0.1, 0.15) is 10.4 Å². The minimum Gasteiger partial charge on any atom is -0.306 e. The van der Waals surface area contributed by atoms with Crippen molar-refractivity contribution in [1.29, 1.82) is 0 Å². The fourth-order valence-corrected chi connectivity index (χ4v) is 1.73. The van der Waals surface area contributed by atoms with Crippen molar-refractivity contribution >= 4 is 39.3 Å². The number of nitrogens with one attached hydrogen (secondary N) is 1. The van der Waals surface area contributed by atoms with Crippen LogP contribution in [0.4, 0.5) is 5.82 Å². The van der Waals surface area contributed by atoms with Crippen LogP contribution >= 0.6 is 27.5 Å². The van der Waals surface area contributed by atoms with E-state index in [4.69, 9.17) is 11.6 Å². The fourth-order valence-electron chi connectivity index (χ4n) is 1.20. The van der Waals surface area contributed by atoms with Gasteiger partial charge in [0.25, 0.3) is 5.91 Å². The topological polar surface area (TPSA) is 54.9 Å². The van der Waals surface area contributed by atoms with Gasteiger partial charge in [0.15, 0.2) is 0 Å². The molecule has 0 unspecified atom stereocenters. The lowest BCUT2D eigenvalue weighted by atomic mass is 10.2. The summed E-state index contributed by atoms with van der Waals surface area (Å²) in [6.07, 6.45) is 4.52. The van der Waals surface area contributed by atoms with Crippen LogP contribution in [0.5, 0.6) is 0 Å². The number of carbonyl (C=O) groups excluding carboxylic acids is 1. The van der Waals surface area contributed by atoms with E-state index in [-0.39, 0.29) is 5.91 Å². The number of aromatic nitrogens is 2. The summed E-state index contributed by atoms with van der Waals surface area (Å²) in [6.45, 7) is 0. The summed E-state index contributed by atoms with van der Waals surface area (Å²) in [7, 11) is 0. The van der Waals surface area contributed by atoms with E-state index in [1.54, 1.807) is 24.4 Å². The molecule has 0 radical (unpaired) electrons. The Labute approximate surface area is 111 Å². The maximum absolute atomic E-state index is 11.9. The molecule has 1 amide bonds. The highest BCUT2D eigenvalue weighted by Gasteiger charge is 2.10. The molecule has 0 aliphatic carbocycles. The van der Waals surface area contributed by atoms with E-state index in [9.17, 15) is 4.79 Å². The summed E-state index contributed by atoms with van der Waals surface area (Å²) in [4.78, 5) is 19.7. The van der Waals surface area contributed by atoms with Crippen molar-refractivity contribution in [2.24, 2.45) is 0 Å². The van der Waals surface area contributed by atoms with Crippen LogP contribution in [0.15, 0.2) is 41.3 Å². The van der Waals surface area contributed by atoms with Crippen LogP contribution in [0.3, 0.4) is 0 Å². The van der Waals surface area contributed by atoms with Gasteiger partial charge in [-0.1, -0.05) is 27.5 Å². The predicted molar refractivity (Wildman–Crippen MR) is 69.1 cm³/mol. The van der Waals surface area contributed by atoms with Crippen LogP contribution in [-0.2, 0) is 0 Å². The van der Waals surface area contributed by atoms with Gasteiger partial charge < -0.3 is 5.32 Å². The third kappa shape index (κ3) is 3.01. The summed E-state index contributed by atoms with van der Waals surface area (Å²) in [5.41, 5.74) is 0.316. The van der Waals surface area contributed by atoms with Gasteiger partial charge in [-0.2, -0.15) is 0 Å². The fraction of sp³-hybridized carbons (Fsp3) is 0. The van der Waals surface area contributed by atoms with Gasteiger partial charge in [0, 0.05) is 23.1 Å². The molecule has 0 saturated carbocycles. The smallest absolute Gasteiger partial charge is 0.259 e. The highest BCUT2D eigenvalue weighted by Crippen LogP contribution is 2.17. The van der Waals surface area contributed by atoms with E-state index < -0.39 is 0 Å². The molecular formula is C11H7BrClN3O. The van der Waals surface area contributed by atoms with Crippen molar-refractivity contribution in [1.82, 2.24) is 9.97 Å². The predicted octanol–water partition coefficient (Wildman–Crippen LogP) is 3.14. The van der Waals surface area contributed by atoms with Crippen molar-refractivity contribution in [3.63, 3.8) is 0 Å². The first-order valence-electron chi connectivity index (χ1n) is 4.69. The third-order valence-electron chi connectivity index (χ3n) is 1.98. The number of anilines is 1. The van der Waals surface area contributed by atoms with E-state index in [0.717, 1.165) is 4.47 Å². The Balaban J connectivity index is 2.20. The molecule has 0 spiro atoms. The highest BCUT2D eigenvalue weighted by molar-refractivity contribution is 9.10. The van der Waals surface area contributed by atoms with Gasteiger partial charge in [-0.15, -0.1) is 0 Å². The largest absolute Gasteiger partial charge is 0.306 e. The van der Waals surface area contributed by atoms with Crippen molar-refractivity contribution in [2.45, 2.75) is 0 Å². The number of hydrogen-bond acceptors (Lipinski definition) is 3. The lowest BCUT2D eigenvalue weighted by Crippen LogP contribution is -2.13. The first kappa shape index (κ1) is 12.0. The molecule has 0 bridgehead atoms. The molecule has 0 aromatic carbocycles. The van der Waals surface area contributed by atoms with E-state index in [1.807, 2.05) is 0 Å². The standard InChI is InChI=1S/C11H7BrClN3O/c12-7-1-4-15-10(5-7)16-11(17)8-6-14-3-2-9(8)13/h1-6H,(H,15,16,17). The summed E-state index contributed by atoms with van der Waals surface area (Å²) in [5, 5.41) is 2.99. The summed E-state index contributed by atoms with van der Waals surface area (Å²) < 4.78 is 0.833. The second-order valence-electron chi connectivity index (χ2n) is 3.17. The molecule has 0 saturated heterocycles. The molecule has 2 aromatic rings. The Morgan fingerprint density at radius 3 is 2.88 bits per heavy atom. The van der Waals surface area contributed by atoms with Gasteiger partial charge in [-0.3, -0.25) is 9.78 Å². The van der Waals surface area contributed by atoms with E-state index in [2.05, 4.69) is 31.2 Å². The summed E-state index contributed by atoms with van der Waals surface area (Å²) in [6, 6.07) is 5.03. The Kier molecular flexibility index (Phi) is 3.71. The molecule has 0 fully saturated rings. The number of carbonyl (C=O) groups is 1. The average Bonchev–Trinajstić information content (AvgIpc) is 2.29. The minimum absolute atomic E-state index is 0.316. The minimum atomic E-state index is -0.339. The molecule has 4 nitrogen and oxygen atoms in total. The monoisotopic (exact) mass is 311 g/mol. The van der Waals surface area contributed by atoms with Crippen molar-refractivity contribution in [3.05, 3.63) is 51.8 Å². The molecule has 2 heterocycles. The molecule has 0 aliphatic rings. The molecule has 0 aliphatic heterocycles. The van der Waals surface area contributed by atoms with Crippen LogP contribution in [0, 0.1) is 0 Å². The second kappa shape index (κ2) is 5.25. The molecule has 2 aromatic heterocycles. The maximum Gasteiger partial charge on any atom is 0.259 e. The highest BCUT2D eigenvalue weighted by atomic mass is 79.9. The van der Waals surface area contributed by atoms with E-state index in [0.29, 0.717) is 16.4 Å². The zero-order valence-electron chi connectivity index (χ0n) is 8.52. The van der Waals surface area contributed by atoms with Crippen molar-refractivity contribution in [3.8, 4) is 0 Å². The molecule has 1 N–H and O–H groups in total. The van der Waals surface area contributed by atoms with E-state index >= 15 is 0 Å². The lowest BCUT2D eigenvalue weighted by Gasteiger charge is -2.05. The van der Waals surface area contributed by atoms with Gasteiger partial charge >= 0.3 is 0 Å². The first-order chi connectivity index (χ1) is 8.16. The van der Waals surface area contributed by atoms with Crippen LogP contribution in [-0.4, -0.2) is 15.9 Å². The molecule has 86 valence electrons. The molecule has 6 heteroatoms.